The lowest BCUT2D eigenvalue weighted by Gasteiger charge is -2.32. The van der Waals surface area contributed by atoms with Crippen LogP contribution in [-0.4, -0.2) is 46.2 Å². The molecule has 0 aliphatic carbocycles. The molecule has 0 atom stereocenters. The quantitative estimate of drug-likeness (QED) is 0.914. The normalized spacial score (nSPS) is 16.2. The molecule has 118 valence electrons. The van der Waals surface area contributed by atoms with Gasteiger partial charge in [0.2, 0.25) is 5.95 Å². The van der Waals surface area contributed by atoms with Gasteiger partial charge in [-0.25, -0.2) is 9.78 Å². The van der Waals surface area contributed by atoms with Crippen LogP contribution >= 0.6 is 0 Å². The Balaban J connectivity index is 1.54. The third kappa shape index (κ3) is 3.32. The summed E-state index contributed by atoms with van der Waals surface area (Å²) in [6.45, 7) is 5.16. The Morgan fingerprint density at radius 1 is 1.36 bits per heavy atom. The van der Waals surface area contributed by atoms with Crippen molar-refractivity contribution in [3.8, 4) is 0 Å². The number of carbonyl (C=O) groups is 1. The number of aromatic amines is 1. The zero-order valence-corrected chi connectivity index (χ0v) is 13.0. The molecule has 0 bridgehead atoms. The minimum Gasteiger partial charge on any atom is -0.447 e. The first-order valence-corrected chi connectivity index (χ1v) is 7.78. The Morgan fingerprint density at radius 3 is 2.77 bits per heavy atom. The number of hydrogen-bond donors (Lipinski definition) is 2. The summed E-state index contributed by atoms with van der Waals surface area (Å²) in [4.78, 5) is 21.4. The van der Waals surface area contributed by atoms with E-state index < -0.39 is 0 Å². The molecule has 1 aromatic heterocycles. The van der Waals surface area contributed by atoms with Crippen LogP contribution in [0.1, 0.15) is 26.7 Å². The third-order valence-corrected chi connectivity index (χ3v) is 3.82. The summed E-state index contributed by atoms with van der Waals surface area (Å²) < 4.78 is 5.23. The molecule has 22 heavy (non-hydrogen) atoms. The standard InChI is InChI=1S/C16H22N4O2/c1-11(2)22-16(21)20-9-7-12(8-10-20)17-15-18-13-5-3-4-6-14(13)19-15/h3-6,11-12H,7-10H2,1-2H3,(H2,17,18,19). The smallest absolute Gasteiger partial charge is 0.410 e. The molecule has 2 aromatic rings. The number of anilines is 1. The molecule has 1 fully saturated rings. The lowest BCUT2D eigenvalue weighted by Crippen LogP contribution is -2.43. The van der Waals surface area contributed by atoms with E-state index in [1.807, 2.05) is 38.1 Å². The Bertz CT molecular complexity index is 611. The molecule has 1 amide bonds. The number of aromatic nitrogens is 2. The minimum absolute atomic E-state index is 0.0705. The van der Waals surface area contributed by atoms with Crippen molar-refractivity contribution in [2.24, 2.45) is 0 Å². The monoisotopic (exact) mass is 302 g/mol. The van der Waals surface area contributed by atoms with Gasteiger partial charge in [-0.3, -0.25) is 0 Å². The van der Waals surface area contributed by atoms with Gasteiger partial charge in [-0.05, 0) is 38.8 Å². The maximum atomic E-state index is 11.9. The number of fused-ring (bicyclic) bond motifs is 1. The number of likely N-dealkylation sites (tertiary alicyclic amines) is 1. The van der Waals surface area contributed by atoms with Crippen molar-refractivity contribution in [2.45, 2.75) is 38.8 Å². The van der Waals surface area contributed by atoms with Crippen LogP contribution in [-0.2, 0) is 4.74 Å². The highest BCUT2D eigenvalue weighted by Gasteiger charge is 2.24. The van der Waals surface area contributed by atoms with Crippen LogP contribution in [0.5, 0.6) is 0 Å². The van der Waals surface area contributed by atoms with Crippen LogP contribution in [0.2, 0.25) is 0 Å². The molecule has 0 radical (unpaired) electrons. The zero-order chi connectivity index (χ0) is 15.5. The number of benzene rings is 1. The van der Waals surface area contributed by atoms with E-state index in [4.69, 9.17) is 4.74 Å². The number of hydrogen-bond acceptors (Lipinski definition) is 4. The van der Waals surface area contributed by atoms with Gasteiger partial charge in [-0.1, -0.05) is 12.1 Å². The molecule has 2 heterocycles. The van der Waals surface area contributed by atoms with E-state index in [2.05, 4.69) is 15.3 Å². The summed E-state index contributed by atoms with van der Waals surface area (Å²) in [5.41, 5.74) is 1.99. The van der Waals surface area contributed by atoms with Crippen molar-refractivity contribution in [3.05, 3.63) is 24.3 Å². The molecule has 6 nitrogen and oxygen atoms in total. The van der Waals surface area contributed by atoms with E-state index in [1.54, 1.807) is 4.90 Å². The summed E-state index contributed by atoms with van der Waals surface area (Å²) in [5, 5.41) is 3.43. The number of ether oxygens (including phenoxy) is 1. The van der Waals surface area contributed by atoms with Gasteiger partial charge in [0.1, 0.15) is 0 Å². The Morgan fingerprint density at radius 2 is 2.09 bits per heavy atom. The lowest BCUT2D eigenvalue weighted by atomic mass is 10.1. The fraction of sp³-hybridized carbons (Fsp3) is 0.500. The maximum Gasteiger partial charge on any atom is 0.410 e. The van der Waals surface area contributed by atoms with Crippen LogP contribution in [0.3, 0.4) is 0 Å². The second-order valence-corrected chi connectivity index (χ2v) is 5.94. The Hall–Kier alpha value is -2.24. The van der Waals surface area contributed by atoms with Crippen molar-refractivity contribution in [1.82, 2.24) is 14.9 Å². The molecule has 3 rings (SSSR count). The van der Waals surface area contributed by atoms with Gasteiger partial charge in [0.05, 0.1) is 17.1 Å². The fourth-order valence-electron chi connectivity index (χ4n) is 2.70. The summed E-state index contributed by atoms with van der Waals surface area (Å²) >= 11 is 0. The average Bonchev–Trinajstić information content (AvgIpc) is 2.89. The van der Waals surface area contributed by atoms with Crippen LogP contribution in [0.25, 0.3) is 11.0 Å². The van der Waals surface area contributed by atoms with Gasteiger partial charge >= 0.3 is 6.09 Å². The molecule has 0 spiro atoms. The second kappa shape index (κ2) is 6.25. The van der Waals surface area contributed by atoms with Gasteiger partial charge in [0, 0.05) is 19.1 Å². The van der Waals surface area contributed by atoms with Gasteiger partial charge < -0.3 is 19.9 Å². The number of piperidine rings is 1. The number of para-hydroxylation sites is 2. The van der Waals surface area contributed by atoms with Crippen molar-refractivity contribution < 1.29 is 9.53 Å². The first-order valence-electron chi connectivity index (χ1n) is 7.78. The van der Waals surface area contributed by atoms with Crippen LogP contribution in [0.15, 0.2) is 24.3 Å². The van der Waals surface area contributed by atoms with Crippen molar-refractivity contribution >= 4 is 23.1 Å². The van der Waals surface area contributed by atoms with E-state index in [1.165, 1.54) is 0 Å². The number of rotatable bonds is 3. The maximum absolute atomic E-state index is 11.9. The first-order chi connectivity index (χ1) is 10.6. The molecule has 2 N–H and O–H groups in total. The number of amides is 1. The SMILES string of the molecule is CC(C)OC(=O)N1CCC(Nc2nc3ccccc3[nH]2)CC1. The van der Waals surface area contributed by atoms with Crippen molar-refractivity contribution in [1.29, 1.82) is 0 Å². The minimum atomic E-state index is -0.211. The molecule has 6 heteroatoms. The van der Waals surface area contributed by atoms with E-state index >= 15 is 0 Å². The molecular formula is C16H22N4O2. The summed E-state index contributed by atoms with van der Waals surface area (Å²) in [6, 6.07) is 8.29. The number of carbonyl (C=O) groups excluding carboxylic acids is 1. The van der Waals surface area contributed by atoms with E-state index in [-0.39, 0.29) is 12.2 Å². The Labute approximate surface area is 129 Å². The van der Waals surface area contributed by atoms with Crippen molar-refractivity contribution in [2.75, 3.05) is 18.4 Å². The van der Waals surface area contributed by atoms with E-state index in [0.29, 0.717) is 19.1 Å². The first kappa shape index (κ1) is 14.7. The molecule has 0 unspecified atom stereocenters. The number of nitrogens with zero attached hydrogens (tertiary/aromatic N) is 2. The summed E-state index contributed by atoms with van der Waals surface area (Å²) in [7, 11) is 0. The molecule has 1 saturated heterocycles. The predicted octanol–water partition coefficient (Wildman–Crippen LogP) is 2.98. The van der Waals surface area contributed by atoms with E-state index in [0.717, 1.165) is 29.8 Å². The highest BCUT2D eigenvalue weighted by molar-refractivity contribution is 5.77. The number of imidazole rings is 1. The molecule has 0 saturated carbocycles. The average molecular weight is 302 g/mol. The van der Waals surface area contributed by atoms with Crippen LogP contribution in [0.4, 0.5) is 10.7 Å². The summed E-state index contributed by atoms with van der Waals surface area (Å²) in [5.74, 6) is 0.796. The lowest BCUT2D eigenvalue weighted by molar-refractivity contribution is 0.0701. The van der Waals surface area contributed by atoms with Gasteiger partial charge in [-0.15, -0.1) is 0 Å². The predicted molar refractivity (Wildman–Crippen MR) is 85.9 cm³/mol. The Kier molecular flexibility index (Phi) is 4.18. The third-order valence-electron chi connectivity index (χ3n) is 3.82. The zero-order valence-electron chi connectivity index (χ0n) is 13.0. The highest BCUT2D eigenvalue weighted by atomic mass is 16.6. The van der Waals surface area contributed by atoms with Crippen LogP contribution < -0.4 is 5.32 Å². The fourth-order valence-corrected chi connectivity index (χ4v) is 2.70. The largest absolute Gasteiger partial charge is 0.447 e. The van der Waals surface area contributed by atoms with Gasteiger partial charge in [-0.2, -0.15) is 0 Å². The number of H-pyrrole nitrogens is 1. The molecule has 1 aliphatic rings. The second-order valence-electron chi connectivity index (χ2n) is 5.94. The number of nitrogens with one attached hydrogen (secondary N) is 2. The van der Waals surface area contributed by atoms with Gasteiger partial charge in [0.25, 0.3) is 0 Å². The molecular weight excluding hydrogens is 280 g/mol. The topological polar surface area (TPSA) is 70.2 Å². The van der Waals surface area contributed by atoms with Crippen molar-refractivity contribution in [3.63, 3.8) is 0 Å². The molecule has 1 aromatic carbocycles. The highest BCUT2D eigenvalue weighted by Crippen LogP contribution is 2.18. The summed E-state index contributed by atoms with van der Waals surface area (Å²) in [6.07, 6.45) is 1.50. The van der Waals surface area contributed by atoms with Gasteiger partial charge in [0.15, 0.2) is 0 Å². The van der Waals surface area contributed by atoms with E-state index in [9.17, 15) is 4.79 Å². The van der Waals surface area contributed by atoms with Crippen LogP contribution in [0, 0.1) is 0 Å². The molecule has 1 aliphatic heterocycles.